The van der Waals surface area contributed by atoms with Gasteiger partial charge in [0.15, 0.2) is 6.23 Å². The SMILES string of the molecule is Cc1cn([C@H]2CC[C@@H](COP(=O)(O)O)O2)c(=O)[nH]c1=O.O=c1ccn([C@@H]2O[C@H](COP(=O)(O)O)[C@@H](O)[C@H]2O)c(=O)[nH]1. The van der Waals surface area contributed by atoms with Crippen molar-refractivity contribution in [2.24, 2.45) is 0 Å². The lowest BCUT2D eigenvalue weighted by molar-refractivity contribution is -0.0543. The molecule has 0 aliphatic carbocycles. The second-order valence-electron chi connectivity index (χ2n) is 8.91. The maximum atomic E-state index is 11.7. The zero-order chi connectivity index (χ0) is 30.7. The van der Waals surface area contributed by atoms with Crippen LogP contribution in [0.5, 0.6) is 0 Å². The van der Waals surface area contributed by atoms with Gasteiger partial charge in [-0.1, -0.05) is 0 Å². The Bertz CT molecular complexity index is 1540. The predicted molar refractivity (Wildman–Crippen MR) is 132 cm³/mol. The average molecular weight is 630 g/mol. The van der Waals surface area contributed by atoms with Gasteiger partial charge in [0, 0.05) is 24.0 Å². The first-order chi connectivity index (χ1) is 18.9. The number of phosphoric ester groups is 2. The number of ether oxygens (including phenoxy) is 2. The largest absolute Gasteiger partial charge is 0.469 e. The topological polar surface area (TPSA) is 302 Å². The second kappa shape index (κ2) is 13.2. The number of aliphatic hydroxyl groups excluding tert-OH is 2. The van der Waals surface area contributed by atoms with Crippen LogP contribution in [-0.2, 0) is 27.7 Å². The Kier molecular flexibility index (Phi) is 10.6. The number of H-pyrrole nitrogens is 2. The number of aryl methyl sites for hydroxylation is 1. The fourth-order valence-corrected chi connectivity index (χ4v) is 4.59. The molecular formula is C19H28N4O16P2. The monoisotopic (exact) mass is 630 g/mol. The Labute approximate surface area is 228 Å². The summed E-state index contributed by atoms with van der Waals surface area (Å²) in [5.74, 6) is 0. The minimum atomic E-state index is -4.76. The molecule has 2 aromatic heterocycles. The van der Waals surface area contributed by atoms with Gasteiger partial charge in [0.1, 0.15) is 24.5 Å². The minimum absolute atomic E-state index is 0.252. The van der Waals surface area contributed by atoms with Crippen molar-refractivity contribution in [3.8, 4) is 0 Å². The molecule has 22 heteroatoms. The summed E-state index contributed by atoms with van der Waals surface area (Å²) >= 11 is 0. The molecule has 0 amide bonds. The molecule has 230 valence electrons. The van der Waals surface area contributed by atoms with Gasteiger partial charge in [-0.2, -0.15) is 0 Å². The highest BCUT2D eigenvalue weighted by atomic mass is 31.2. The van der Waals surface area contributed by atoms with Gasteiger partial charge in [0.05, 0.1) is 19.3 Å². The van der Waals surface area contributed by atoms with Crippen LogP contribution in [0.15, 0.2) is 37.6 Å². The molecule has 2 aliphatic heterocycles. The van der Waals surface area contributed by atoms with Crippen molar-refractivity contribution in [2.75, 3.05) is 13.2 Å². The molecule has 41 heavy (non-hydrogen) atoms. The summed E-state index contributed by atoms with van der Waals surface area (Å²) in [7, 11) is -9.29. The standard InChI is InChI=1S/C10H15N2O7P.C9H13N2O9P/c1-6-4-12(10(14)11-9(6)13)8-3-2-7(19-8)5-18-20(15,16)17;12-5-1-2-11(9(15)10-5)8-7(14)6(13)4(20-8)3-19-21(16,17)18/h4,7-8H,2-3,5H2,1H3,(H,11,13,14)(H2,15,16,17);1-2,4,6-8,13-14H,3H2,(H,10,12,15)(H2,16,17,18)/t7-,8+;4-,6-,7-,8-/m01/s1. The normalized spacial score (nSPS) is 26.5. The Morgan fingerprint density at radius 3 is 2.12 bits per heavy atom. The number of phosphoric acid groups is 2. The van der Waals surface area contributed by atoms with Crippen molar-refractivity contribution in [2.45, 2.75) is 56.6 Å². The van der Waals surface area contributed by atoms with Crippen LogP contribution < -0.4 is 22.5 Å². The summed E-state index contributed by atoms with van der Waals surface area (Å²) < 4.78 is 42.5. The second-order valence-corrected chi connectivity index (χ2v) is 11.4. The van der Waals surface area contributed by atoms with Crippen molar-refractivity contribution in [1.29, 1.82) is 0 Å². The van der Waals surface area contributed by atoms with E-state index in [1.807, 2.05) is 4.98 Å². The van der Waals surface area contributed by atoms with E-state index in [2.05, 4.69) is 14.0 Å². The molecule has 6 atom stereocenters. The minimum Gasteiger partial charge on any atom is -0.387 e. The molecule has 0 aromatic carbocycles. The van der Waals surface area contributed by atoms with Gasteiger partial charge in [-0.3, -0.25) is 37.7 Å². The van der Waals surface area contributed by atoms with Crippen molar-refractivity contribution in [3.63, 3.8) is 0 Å². The third kappa shape index (κ3) is 9.20. The third-order valence-corrected chi connectivity index (χ3v) is 6.81. The molecule has 0 spiro atoms. The van der Waals surface area contributed by atoms with Crippen LogP contribution in [0.1, 0.15) is 30.9 Å². The smallest absolute Gasteiger partial charge is 0.387 e. The highest BCUT2D eigenvalue weighted by molar-refractivity contribution is 7.46. The number of nitrogens with zero attached hydrogens (tertiary/aromatic N) is 2. The molecule has 20 nitrogen and oxygen atoms in total. The van der Waals surface area contributed by atoms with Crippen LogP contribution in [0.2, 0.25) is 0 Å². The number of hydrogen-bond donors (Lipinski definition) is 8. The predicted octanol–water partition coefficient (Wildman–Crippen LogP) is -3.10. The number of aliphatic hydroxyl groups is 2. The fourth-order valence-electron chi connectivity index (χ4n) is 3.89. The van der Waals surface area contributed by atoms with Crippen LogP contribution in [0.3, 0.4) is 0 Å². The summed E-state index contributed by atoms with van der Waals surface area (Å²) in [6, 6.07) is 1.02. The maximum Gasteiger partial charge on any atom is 0.469 e. The first-order valence-corrected chi connectivity index (χ1v) is 14.7. The van der Waals surface area contributed by atoms with Gasteiger partial charge in [-0.15, -0.1) is 0 Å². The average Bonchev–Trinajstić information content (AvgIpc) is 3.43. The highest BCUT2D eigenvalue weighted by Crippen LogP contribution is 2.39. The van der Waals surface area contributed by atoms with Gasteiger partial charge < -0.3 is 39.3 Å². The maximum absolute atomic E-state index is 11.7. The fraction of sp³-hybridized carbons (Fsp3) is 0.579. The highest BCUT2D eigenvalue weighted by Gasteiger charge is 2.45. The molecule has 0 radical (unpaired) electrons. The van der Waals surface area contributed by atoms with Gasteiger partial charge >= 0.3 is 27.0 Å². The van der Waals surface area contributed by atoms with Crippen LogP contribution in [0.25, 0.3) is 0 Å². The number of nitrogens with one attached hydrogen (secondary N) is 2. The zero-order valence-corrected chi connectivity index (χ0v) is 22.9. The van der Waals surface area contributed by atoms with Gasteiger partial charge in [-0.25, -0.2) is 18.7 Å². The number of aromatic amines is 2. The first kappa shape index (κ1) is 32.9. The van der Waals surface area contributed by atoms with Crippen LogP contribution >= 0.6 is 15.6 Å². The van der Waals surface area contributed by atoms with E-state index >= 15 is 0 Å². The molecule has 8 N–H and O–H groups in total. The lowest BCUT2D eigenvalue weighted by Crippen LogP contribution is -2.37. The Morgan fingerprint density at radius 1 is 0.902 bits per heavy atom. The molecule has 0 bridgehead atoms. The molecule has 2 aliphatic rings. The van der Waals surface area contributed by atoms with E-state index in [1.54, 1.807) is 6.92 Å². The van der Waals surface area contributed by atoms with E-state index in [0.29, 0.717) is 18.4 Å². The van der Waals surface area contributed by atoms with Crippen LogP contribution in [0.4, 0.5) is 0 Å². The van der Waals surface area contributed by atoms with Crippen molar-refractivity contribution in [1.82, 2.24) is 19.1 Å². The molecular weight excluding hydrogens is 602 g/mol. The molecule has 4 heterocycles. The zero-order valence-electron chi connectivity index (χ0n) is 21.1. The van der Waals surface area contributed by atoms with Crippen LogP contribution in [-0.4, -0.2) is 86.5 Å². The summed E-state index contributed by atoms with van der Waals surface area (Å²) in [4.78, 5) is 84.0. The molecule has 4 rings (SSSR count). The first-order valence-electron chi connectivity index (χ1n) is 11.7. The van der Waals surface area contributed by atoms with E-state index in [9.17, 15) is 38.5 Å². The summed E-state index contributed by atoms with van der Waals surface area (Å²) in [6.45, 7) is 0.632. The van der Waals surface area contributed by atoms with Crippen LogP contribution in [0, 0.1) is 6.92 Å². The van der Waals surface area contributed by atoms with Crippen molar-refractivity contribution >= 4 is 15.6 Å². The van der Waals surface area contributed by atoms with E-state index in [1.165, 1.54) is 10.8 Å². The number of aromatic nitrogens is 4. The number of hydrogen-bond acceptors (Lipinski definition) is 12. The Balaban J connectivity index is 0.000000226. The summed E-state index contributed by atoms with van der Waals surface area (Å²) in [5.41, 5.74) is -2.17. The lowest BCUT2D eigenvalue weighted by Gasteiger charge is -2.16. The lowest BCUT2D eigenvalue weighted by atomic mass is 10.1. The molecule has 0 saturated carbocycles. The van der Waals surface area contributed by atoms with E-state index in [-0.39, 0.29) is 6.61 Å². The molecule has 2 fully saturated rings. The Morgan fingerprint density at radius 2 is 1.51 bits per heavy atom. The van der Waals surface area contributed by atoms with Gasteiger partial charge in [0.25, 0.3) is 11.1 Å². The molecule has 2 saturated heterocycles. The summed E-state index contributed by atoms with van der Waals surface area (Å²) in [5, 5.41) is 19.6. The van der Waals surface area contributed by atoms with E-state index in [0.717, 1.165) is 16.8 Å². The summed E-state index contributed by atoms with van der Waals surface area (Å²) in [6.07, 6.45) is -3.29. The van der Waals surface area contributed by atoms with E-state index < -0.39 is 81.6 Å². The van der Waals surface area contributed by atoms with Crippen molar-refractivity contribution < 1.29 is 57.4 Å². The molecule has 2 aromatic rings. The molecule has 0 unspecified atom stereocenters. The van der Waals surface area contributed by atoms with Gasteiger partial charge in [-0.05, 0) is 19.8 Å². The number of rotatable bonds is 8. The quantitative estimate of drug-likeness (QED) is 0.134. The van der Waals surface area contributed by atoms with E-state index in [4.69, 9.17) is 29.0 Å². The van der Waals surface area contributed by atoms with Gasteiger partial charge in [0.2, 0.25) is 0 Å². The Hall–Kier alpha value is -2.58. The third-order valence-electron chi connectivity index (χ3n) is 5.84. The van der Waals surface area contributed by atoms with Crippen molar-refractivity contribution in [3.05, 3.63) is 65.7 Å².